The summed E-state index contributed by atoms with van der Waals surface area (Å²) in [6.45, 7) is 3.89. The van der Waals surface area contributed by atoms with Crippen LogP contribution in [-0.2, 0) is 20.9 Å². The number of ether oxygens (including phenoxy) is 2. The number of benzene rings is 1. The van der Waals surface area contributed by atoms with Crippen LogP contribution in [0.2, 0.25) is 0 Å². The van der Waals surface area contributed by atoms with Crippen LogP contribution >= 0.6 is 0 Å². The summed E-state index contributed by atoms with van der Waals surface area (Å²) in [4.78, 5) is 27.1. The third-order valence-electron chi connectivity index (χ3n) is 4.32. The number of hydrogen-bond donors (Lipinski definition) is 0. The minimum absolute atomic E-state index is 0.0852. The number of carbonyl (C=O) groups is 2. The van der Waals surface area contributed by atoms with Crippen molar-refractivity contribution < 1.29 is 28.0 Å². The Morgan fingerprint density at radius 3 is 2.50 bits per heavy atom. The molecule has 0 unspecified atom stereocenters. The highest BCUT2D eigenvalue weighted by molar-refractivity contribution is 5.78. The molecular weight excluding hydrogens is 369 g/mol. The van der Waals surface area contributed by atoms with Crippen LogP contribution in [0.5, 0.6) is 0 Å². The zero-order chi connectivity index (χ0) is 19.9. The molecule has 0 aliphatic carbocycles. The number of nitrogens with zero attached hydrogens (tertiary/aromatic N) is 3. The number of piperazine rings is 1. The molecule has 1 aliphatic heterocycles. The van der Waals surface area contributed by atoms with Crippen molar-refractivity contribution in [2.24, 2.45) is 0 Å². The van der Waals surface area contributed by atoms with Crippen LogP contribution in [0.25, 0.3) is 11.3 Å². The van der Waals surface area contributed by atoms with Crippen molar-refractivity contribution in [3.05, 3.63) is 41.8 Å². The van der Waals surface area contributed by atoms with E-state index < -0.39 is 0 Å². The maximum atomic E-state index is 13.0. The van der Waals surface area contributed by atoms with Crippen molar-refractivity contribution in [1.82, 2.24) is 15.0 Å². The molecule has 1 aromatic carbocycles. The second-order valence-corrected chi connectivity index (χ2v) is 6.25. The Morgan fingerprint density at radius 2 is 1.82 bits per heavy atom. The van der Waals surface area contributed by atoms with Crippen LogP contribution in [-0.4, -0.2) is 66.3 Å². The molecular formula is C19H22FN3O5. The van der Waals surface area contributed by atoms with Gasteiger partial charge in [-0.05, 0) is 31.2 Å². The molecule has 2 amide bonds. The van der Waals surface area contributed by atoms with Crippen molar-refractivity contribution in [3.63, 3.8) is 0 Å². The van der Waals surface area contributed by atoms with Crippen molar-refractivity contribution in [1.29, 1.82) is 0 Å². The van der Waals surface area contributed by atoms with Crippen LogP contribution in [0, 0.1) is 5.82 Å². The van der Waals surface area contributed by atoms with Crippen LogP contribution in [0.1, 0.15) is 12.6 Å². The lowest BCUT2D eigenvalue weighted by atomic mass is 10.1. The first-order valence-corrected chi connectivity index (χ1v) is 9.05. The fourth-order valence-electron chi connectivity index (χ4n) is 2.82. The van der Waals surface area contributed by atoms with Crippen LogP contribution in [0.15, 0.2) is 34.9 Å². The van der Waals surface area contributed by atoms with E-state index >= 15 is 0 Å². The van der Waals surface area contributed by atoms with Crippen LogP contribution in [0.4, 0.5) is 9.18 Å². The Labute approximate surface area is 161 Å². The third-order valence-corrected chi connectivity index (χ3v) is 4.32. The van der Waals surface area contributed by atoms with Gasteiger partial charge >= 0.3 is 6.09 Å². The van der Waals surface area contributed by atoms with Gasteiger partial charge in [0.2, 0.25) is 5.91 Å². The average molecular weight is 391 g/mol. The monoisotopic (exact) mass is 391 g/mol. The zero-order valence-electron chi connectivity index (χ0n) is 15.6. The second kappa shape index (κ2) is 9.32. The number of amides is 2. The topological polar surface area (TPSA) is 85.1 Å². The molecule has 0 atom stereocenters. The van der Waals surface area contributed by atoms with Crippen molar-refractivity contribution in [3.8, 4) is 11.3 Å². The van der Waals surface area contributed by atoms with Gasteiger partial charge in [-0.15, -0.1) is 0 Å². The molecule has 0 N–H and O–H groups in total. The average Bonchev–Trinajstić information content (AvgIpc) is 3.17. The van der Waals surface area contributed by atoms with Crippen molar-refractivity contribution >= 4 is 12.0 Å². The Kier molecular flexibility index (Phi) is 6.59. The Morgan fingerprint density at radius 1 is 1.14 bits per heavy atom. The summed E-state index contributed by atoms with van der Waals surface area (Å²) < 4.78 is 28.6. The fraction of sp³-hybridized carbons (Fsp3) is 0.421. The lowest BCUT2D eigenvalue weighted by Crippen LogP contribution is -2.51. The summed E-state index contributed by atoms with van der Waals surface area (Å²) in [5.74, 6) is 0.0270. The Hall–Kier alpha value is -2.94. The first kappa shape index (κ1) is 19.8. The SMILES string of the molecule is CCOC(=O)N1CCN(C(=O)COCc2cc(-c3ccc(F)cc3)on2)CC1. The molecule has 0 saturated carbocycles. The van der Waals surface area contributed by atoms with E-state index in [0.717, 1.165) is 0 Å². The highest BCUT2D eigenvalue weighted by atomic mass is 19.1. The van der Waals surface area contributed by atoms with Crippen molar-refractivity contribution in [2.75, 3.05) is 39.4 Å². The van der Waals surface area contributed by atoms with E-state index in [2.05, 4.69) is 5.16 Å². The van der Waals surface area contributed by atoms with Gasteiger partial charge in [0, 0.05) is 37.8 Å². The van der Waals surface area contributed by atoms with Crippen LogP contribution < -0.4 is 0 Å². The first-order chi connectivity index (χ1) is 13.6. The largest absolute Gasteiger partial charge is 0.450 e. The van der Waals surface area contributed by atoms with Crippen molar-refractivity contribution in [2.45, 2.75) is 13.5 Å². The molecule has 8 nitrogen and oxygen atoms in total. The molecule has 1 aromatic heterocycles. The summed E-state index contributed by atoms with van der Waals surface area (Å²) in [7, 11) is 0. The van der Waals surface area contributed by atoms with Gasteiger partial charge in [0.25, 0.3) is 0 Å². The number of carbonyl (C=O) groups excluding carboxylic acids is 2. The predicted octanol–water partition coefficient (Wildman–Crippen LogP) is 2.30. The van der Waals surface area contributed by atoms with Gasteiger partial charge in [-0.3, -0.25) is 4.79 Å². The van der Waals surface area contributed by atoms with Gasteiger partial charge in [0.15, 0.2) is 5.76 Å². The summed E-state index contributed by atoms with van der Waals surface area (Å²) in [5.41, 5.74) is 1.25. The first-order valence-electron chi connectivity index (χ1n) is 9.05. The molecule has 1 aliphatic rings. The summed E-state index contributed by atoms with van der Waals surface area (Å²) in [5, 5.41) is 3.89. The summed E-state index contributed by atoms with van der Waals surface area (Å²) in [6.07, 6.45) is -0.353. The normalized spacial score (nSPS) is 14.2. The van der Waals surface area contributed by atoms with E-state index in [4.69, 9.17) is 14.0 Å². The van der Waals surface area contributed by atoms with Crippen LogP contribution in [0.3, 0.4) is 0 Å². The summed E-state index contributed by atoms with van der Waals surface area (Å²) in [6, 6.07) is 7.57. The molecule has 1 fully saturated rings. The Balaban J connectivity index is 1.41. The van der Waals surface area contributed by atoms with E-state index in [1.54, 1.807) is 34.9 Å². The minimum atomic E-state index is -0.353. The maximum Gasteiger partial charge on any atom is 0.409 e. The van der Waals surface area contributed by atoms with Gasteiger partial charge < -0.3 is 23.8 Å². The van der Waals surface area contributed by atoms with Gasteiger partial charge in [-0.2, -0.15) is 0 Å². The molecule has 0 radical (unpaired) electrons. The van der Waals surface area contributed by atoms with E-state index in [1.165, 1.54) is 12.1 Å². The molecule has 1 saturated heterocycles. The number of rotatable bonds is 6. The van der Waals surface area contributed by atoms with E-state index in [9.17, 15) is 14.0 Å². The smallest absolute Gasteiger partial charge is 0.409 e. The fourth-order valence-corrected chi connectivity index (χ4v) is 2.82. The number of halogens is 1. The Bertz CT molecular complexity index is 800. The van der Waals surface area contributed by atoms with E-state index in [1.807, 2.05) is 0 Å². The highest BCUT2D eigenvalue weighted by Gasteiger charge is 2.24. The molecule has 0 spiro atoms. The molecule has 150 valence electrons. The quantitative estimate of drug-likeness (QED) is 0.751. The third kappa shape index (κ3) is 5.07. The maximum absolute atomic E-state index is 13.0. The highest BCUT2D eigenvalue weighted by Crippen LogP contribution is 2.20. The molecule has 0 bridgehead atoms. The lowest BCUT2D eigenvalue weighted by molar-refractivity contribution is -0.138. The molecule has 3 rings (SSSR count). The lowest BCUT2D eigenvalue weighted by Gasteiger charge is -2.33. The van der Waals surface area contributed by atoms with Gasteiger partial charge in [0.1, 0.15) is 18.1 Å². The van der Waals surface area contributed by atoms with Gasteiger partial charge in [0.05, 0.1) is 13.2 Å². The number of aromatic nitrogens is 1. The molecule has 28 heavy (non-hydrogen) atoms. The summed E-state index contributed by atoms with van der Waals surface area (Å²) >= 11 is 0. The standard InChI is InChI=1S/C19H22FN3O5/c1-2-27-19(25)23-9-7-22(8-10-23)18(24)13-26-12-16-11-17(28-21-16)14-3-5-15(20)6-4-14/h3-6,11H,2,7-10,12-13H2,1H3. The zero-order valence-corrected chi connectivity index (χ0v) is 15.6. The predicted molar refractivity (Wildman–Crippen MR) is 96.7 cm³/mol. The second-order valence-electron chi connectivity index (χ2n) is 6.25. The molecule has 2 heterocycles. The number of hydrogen-bond acceptors (Lipinski definition) is 6. The molecule has 9 heteroatoms. The van der Waals surface area contributed by atoms with Gasteiger partial charge in [-0.1, -0.05) is 5.16 Å². The van der Waals surface area contributed by atoms with E-state index in [0.29, 0.717) is 49.8 Å². The molecule has 2 aromatic rings. The van der Waals surface area contributed by atoms with E-state index in [-0.39, 0.29) is 31.0 Å². The minimum Gasteiger partial charge on any atom is -0.450 e. The van der Waals surface area contributed by atoms with Gasteiger partial charge in [-0.25, -0.2) is 9.18 Å².